The van der Waals surface area contributed by atoms with Crippen LogP contribution in [0.5, 0.6) is 0 Å². The van der Waals surface area contributed by atoms with Crippen molar-refractivity contribution >= 4 is 46.9 Å². The molecule has 1 fully saturated rings. The Balaban J connectivity index is 0.00000300. The van der Waals surface area contributed by atoms with Gasteiger partial charge in [-0.1, -0.05) is 18.2 Å². The van der Waals surface area contributed by atoms with Gasteiger partial charge in [-0.2, -0.15) is 0 Å². The lowest BCUT2D eigenvalue weighted by molar-refractivity contribution is 0.111. The number of carbonyl (C=O) groups excluding carboxylic acids is 1. The first kappa shape index (κ1) is 23.3. The fourth-order valence-electron chi connectivity index (χ4n) is 3.65. The molecule has 3 N–H and O–H groups in total. The molecule has 7 nitrogen and oxygen atoms in total. The summed E-state index contributed by atoms with van der Waals surface area (Å²) < 4.78 is 4.80. The Kier molecular flexibility index (Phi) is 9.56. The summed E-state index contributed by atoms with van der Waals surface area (Å²) in [5, 5.41) is 8.14. The molecule has 0 saturated carbocycles. The predicted octanol–water partition coefficient (Wildman–Crippen LogP) is 3.50. The van der Waals surface area contributed by atoms with E-state index in [0.29, 0.717) is 19.1 Å². The van der Waals surface area contributed by atoms with Crippen molar-refractivity contribution in [3.05, 3.63) is 36.0 Å². The van der Waals surface area contributed by atoms with E-state index < -0.39 is 0 Å². The van der Waals surface area contributed by atoms with Crippen LogP contribution in [0, 0.1) is 0 Å². The second kappa shape index (κ2) is 11.9. The molecule has 8 heteroatoms. The van der Waals surface area contributed by atoms with Crippen molar-refractivity contribution in [1.82, 2.24) is 20.5 Å². The third-order valence-corrected chi connectivity index (χ3v) is 5.16. The maximum Gasteiger partial charge on any atom is 0.409 e. The average Bonchev–Trinajstić information content (AvgIpc) is 3.14. The van der Waals surface area contributed by atoms with E-state index in [2.05, 4.69) is 53.0 Å². The number of para-hydroxylation sites is 1. The summed E-state index contributed by atoms with van der Waals surface area (Å²) in [7, 11) is 1.43. The standard InChI is InChI=1S/C21H31N5O2.HI/c1-3-22-20(25-17-10-13-26(14-11-17)21(27)28-2)23-12-6-7-16-15-24-19-9-5-4-8-18(16)19;/h4-5,8-9,15,17,24H,3,6-7,10-14H2,1-2H3,(H2,22,23,25);1H. The molecule has 2 aromatic rings. The van der Waals surface area contributed by atoms with E-state index in [9.17, 15) is 4.79 Å². The highest BCUT2D eigenvalue weighted by Gasteiger charge is 2.23. The fourth-order valence-corrected chi connectivity index (χ4v) is 3.65. The number of rotatable bonds is 6. The maximum absolute atomic E-state index is 11.6. The number of aromatic amines is 1. The van der Waals surface area contributed by atoms with E-state index in [1.165, 1.54) is 23.6 Å². The van der Waals surface area contributed by atoms with Gasteiger partial charge in [-0.25, -0.2) is 4.79 Å². The zero-order valence-electron chi connectivity index (χ0n) is 17.2. The first-order valence-corrected chi connectivity index (χ1v) is 10.1. The number of H-pyrrole nitrogens is 1. The van der Waals surface area contributed by atoms with Crippen LogP contribution in [0.3, 0.4) is 0 Å². The van der Waals surface area contributed by atoms with E-state index in [0.717, 1.165) is 44.7 Å². The van der Waals surface area contributed by atoms with Crippen LogP contribution in [0.25, 0.3) is 10.9 Å². The van der Waals surface area contributed by atoms with Crippen molar-refractivity contribution in [2.75, 3.05) is 33.3 Å². The predicted molar refractivity (Wildman–Crippen MR) is 128 cm³/mol. The second-order valence-corrected chi connectivity index (χ2v) is 7.10. The van der Waals surface area contributed by atoms with Crippen LogP contribution in [-0.2, 0) is 11.2 Å². The summed E-state index contributed by atoms with van der Waals surface area (Å²) in [6.07, 6.45) is 5.66. The average molecular weight is 513 g/mol. The summed E-state index contributed by atoms with van der Waals surface area (Å²) in [5.74, 6) is 0.859. The van der Waals surface area contributed by atoms with Crippen LogP contribution >= 0.6 is 24.0 Å². The Labute approximate surface area is 189 Å². The number of likely N-dealkylation sites (tertiary alicyclic amines) is 1. The third-order valence-electron chi connectivity index (χ3n) is 5.16. The number of fused-ring (bicyclic) bond motifs is 1. The molecule has 1 aromatic carbocycles. The van der Waals surface area contributed by atoms with Crippen molar-refractivity contribution in [1.29, 1.82) is 0 Å². The number of benzene rings is 1. The summed E-state index contributed by atoms with van der Waals surface area (Å²) in [6, 6.07) is 8.73. The van der Waals surface area contributed by atoms with Gasteiger partial charge in [0.05, 0.1) is 7.11 Å². The Hall–Kier alpha value is -1.97. The van der Waals surface area contributed by atoms with E-state index in [1.54, 1.807) is 4.90 Å². The number of hydrogen-bond acceptors (Lipinski definition) is 3. The number of halogens is 1. The van der Waals surface area contributed by atoms with Gasteiger partial charge in [0.15, 0.2) is 5.96 Å². The lowest BCUT2D eigenvalue weighted by Crippen LogP contribution is -2.49. The molecular formula is C21H32IN5O2. The quantitative estimate of drug-likeness (QED) is 0.239. The van der Waals surface area contributed by atoms with Crippen LogP contribution in [-0.4, -0.2) is 61.3 Å². The topological polar surface area (TPSA) is 81.8 Å². The molecule has 0 bridgehead atoms. The number of piperidine rings is 1. The normalized spacial score (nSPS) is 15.1. The van der Waals surface area contributed by atoms with Gasteiger partial charge in [0.1, 0.15) is 0 Å². The zero-order valence-corrected chi connectivity index (χ0v) is 19.6. The van der Waals surface area contributed by atoms with Crippen molar-refractivity contribution in [3.8, 4) is 0 Å². The van der Waals surface area contributed by atoms with Gasteiger partial charge in [0.2, 0.25) is 0 Å². The summed E-state index contributed by atoms with van der Waals surface area (Å²) >= 11 is 0. The molecule has 1 aliphatic heterocycles. The van der Waals surface area contributed by atoms with Crippen molar-refractivity contribution in [2.45, 2.75) is 38.6 Å². The van der Waals surface area contributed by atoms with Gasteiger partial charge in [-0.3, -0.25) is 4.99 Å². The number of aromatic nitrogens is 1. The molecule has 3 rings (SSSR count). The number of amides is 1. The number of nitrogens with zero attached hydrogens (tertiary/aromatic N) is 2. The highest BCUT2D eigenvalue weighted by molar-refractivity contribution is 14.0. The van der Waals surface area contributed by atoms with Gasteiger partial charge >= 0.3 is 6.09 Å². The number of nitrogens with one attached hydrogen (secondary N) is 3. The molecule has 0 aliphatic carbocycles. The zero-order chi connectivity index (χ0) is 19.8. The van der Waals surface area contributed by atoms with Crippen LogP contribution in [0.15, 0.2) is 35.5 Å². The van der Waals surface area contributed by atoms with E-state index in [4.69, 9.17) is 9.73 Å². The van der Waals surface area contributed by atoms with Gasteiger partial charge in [0, 0.05) is 49.3 Å². The molecule has 1 aromatic heterocycles. The van der Waals surface area contributed by atoms with Crippen LogP contribution < -0.4 is 10.6 Å². The first-order chi connectivity index (χ1) is 13.7. The molecule has 0 atom stereocenters. The van der Waals surface area contributed by atoms with Crippen LogP contribution in [0.1, 0.15) is 31.7 Å². The molecule has 29 heavy (non-hydrogen) atoms. The lowest BCUT2D eigenvalue weighted by Gasteiger charge is -2.32. The minimum Gasteiger partial charge on any atom is -0.453 e. The van der Waals surface area contributed by atoms with Gasteiger partial charge in [-0.05, 0) is 44.2 Å². The largest absolute Gasteiger partial charge is 0.453 e. The number of ether oxygens (including phenoxy) is 1. The fraction of sp³-hybridized carbons (Fsp3) is 0.524. The molecule has 1 saturated heterocycles. The second-order valence-electron chi connectivity index (χ2n) is 7.10. The summed E-state index contributed by atoms with van der Waals surface area (Å²) in [6.45, 7) is 5.10. The van der Waals surface area contributed by atoms with Crippen LogP contribution in [0.4, 0.5) is 4.79 Å². The Morgan fingerprint density at radius 2 is 2.07 bits per heavy atom. The Morgan fingerprint density at radius 1 is 1.31 bits per heavy atom. The van der Waals surface area contributed by atoms with E-state index in [-0.39, 0.29) is 30.1 Å². The minimum atomic E-state index is -0.240. The number of carbonyl (C=O) groups is 1. The SMILES string of the molecule is CCNC(=NCCCc1c[nH]c2ccccc12)NC1CCN(C(=O)OC)CC1.I. The molecule has 0 unspecified atom stereocenters. The number of aryl methyl sites for hydroxylation is 1. The van der Waals surface area contributed by atoms with Gasteiger partial charge in [0.25, 0.3) is 0 Å². The van der Waals surface area contributed by atoms with Crippen LogP contribution in [0.2, 0.25) is 0 Å². The van der Waals surface area contributed by atoms with Crippen molar-refractivity contribution in [3.63, 3.8) is 0 Å². The van der Waals surface area contributed by atoms with Gasteiger partial charge < -0.3 is 25.3 Å². The third kappa shape index (κ3) is 6.52. The highest BCUT2D eigenvalue weighted by Crippen LogP contribution is 2.19. The molecule has 1 aliphatic rings. The maximum atomic E-state index is 11.6. The number of aliphatic imine (C=N–C) groups is 1. The van der Waals surface area contributed by atoms with Gasteiger partial charge in [-0.15, -0.1) is 24.0 Å². The first-order valence-electron chi connectivity index (χ1n) is 10.1. The minimum absolute atomic E-state index is 0. The molecule has 0 spiro atoms. The number of hydrogen-bond donors (Lipinski definition) is 3. The van der Waals surface area contributed by atoms with Crippen molar-refractivity contribution in [2.24, 2.45) is 4.99 Å². The summed E-state index contributed by atoms with van der Waals surface area (Å²) in [4.78, 5) is 21.4. The number of guanidine groups is 1. The van der Waals surface area contributed by atoms with Crippen molar-refractivity contribution < 1.29 is 9.53 Å². The molecule has 160 valence electrons. The Morgan fingerprint density at radius 3 is 2.79 bits per heavy atom. The smallest absolute Gasteiger partial charge is 0.409 e. The molecule has 1 amide bonds. The monoisotopic (exact) mass is 513 g/mol. The molecular weight excluding hydrogens is 481 g/mol. The molecule has 0 radical (unpaired) electrons. The summed E-state index contributed by atoms with van der Waals surface area (Å²) in [5.41, 5.74) is 2.54. The van der Waals surface area contributed by atoms with E-state index >= 15 is 0 Å². The molecule has 2 heterocycles. The Bertz CT molecular complexity index is 799. The lowest BCUT2D eigenvalue weighted by atomic mass is 10.1. The highest BCUT2D eigenvalue weighted by atomic mass is 127. The number of methoxy groups -OCH3 is 1. The van der Waals surface area contributed by atoms with E-state index in [1.807, 2.05) is 0 Å².